The van der Waals surface area contributed by atoms with E-state index >= 15 is 0 Å². The highest BCUT2D eigenvalue weighted by Gasteiger charge is 2.26. The van der Waals surface area contributed by atoms with Crippen LogP contribution in [0.1, 0.15) is 149 Å². The van der Waals surface area contributed by atoms with Crippen molar-refractivity contribution in [2.75, 3.05) is 33.0 Å². The minimum atomic E-state index is -4.50. The lowest BCUT2D eigenvalue weighted by Gasteiger charge is -2.20. The Balaban J connectivity index is 4.27. The Morgan fingerprint density at radius 3 is 1.84 bits per heavy atom. The number of hydrogen-bond donors (Lipinski definition) is 3. The van der Waals surface area contributed by atoms with Crippen LogP contribution in [0.15, 0.2) is 12.2 Å². The zero-order valence-electron chi connectivity index (χ0n) is 27.4. The highest BCUT2D eigenvalue weighted by atomic mass is 31.2. The summed E-state index contributed by atoms with van der Waals surface area (Å²) in [5, 5.41) is 18.2. The van der Waals surface area contributed by atoms with E-state index in [0.29, 0.717) is 6.61 Å². The molecule has 0 rings (SSSR count). The van der Waals surface area contributed by atoms with Gasteiger partial charge in [-0.3, -0.25) is 13.8 Å². The van der Waals surface area contributed by atoms with E-state index in [1.54, 1.807) is 0 Å². The number of esters is 1. The first kappa shape index (κ1) is 42.2. The Labute approximate surface area is 262 Å². The van der Waals surface area contributed by atoms with E-state index in [-0.39, 0.29) is 19.6 Å². The van der Waals surface area contributed by atoms with Crippen LogP contribution in [0, 0.1) is 0 Å². The summed E-state index contributed by atoms with van der Waals surface area (Å²) in [5.41, 5.74) is 0. The summed E-state index contributed by atoms with van der Waals surface area (Å²) >= 11 is 0. The molecule has 3 N–H and O–H groups in total. The van der Waals surface area contributed by atoms with Crippen molar-refractivity contribution in [2.45, 2.75) is 161 Å². The van der Waals surface area contributed by atoms with Crippen molar-refractivity contribution >= 4 is 13.8 Å². The lowest BCUT2D eigenvalue weighted by atomic mass is 10.1. The van der Waals surface area contributed by atoms with Crippen molar-refractivity contribution in [2.24, 2.45) is 0 Å². The standard InChI is InChI=1S/C33H65O9P/c1-3-5-7-9-11-13-15-16-18-20-22-24-26-39-29-32(30-41-43(37,38)40-28-31(35)27-34)42-33(36)25-23-21-19-17-14-12-10-8-6-4-2/h8,10,31-32,34-35H,3-7,9,11-30H2,1-2H3,(H,37,38)/b10-8-. The fraction of sp³-hybridized carbons (Fsp3) is 0.909. The summed E-state index contributed by atoms with van der Waals surface area (Å²) in [4.78, 5) is 22.3. The molecule has 256 valence electrons. The molecule has 0 heterocycles. The number of hydrogen-bond acceptors (Lipinski definition) is 8. The maximum absolute atomic E-state index is 12.4. The van der Waals surface area contributed by atoms with Gasteiger partial charge >= 0.3 is 13.8 Å². The Morgan fingerprint density at radius 2 is 1.23 bits per heavy atom. The highest BCUT2D eigenvalue weighted by molar-refractivity contribution is 7.47. The summed E-state index contributed by atoms with van der Waals surface area (Å²) in [6.45, 7) is 3.43. The molecule has 0 fully saturated rings. The molecule has 0 aromatic carbocycles. The van der Waals surface area contributed by atoms with Crippen LogP contribution < -0.4 is 0 Å². The molecule has 0 spiro atoms. The number of ether oxygens (including phenoxy) is 2. The molecular formula is C33H65O9P. The van der Waals surface area contributed by atoms with Gasteiger partial charge in [0.05, 0.1) is 26.4 Å². The van der Waals surface area contributed by atoms with Crippen molar-refractivity contribution in [3.05, 3.63) is 12.2 Å². The Bertz CT molecular complexity index is 689. The van der Waals surface area contributed by atoms with Gasteiger partial charge in [-0.05, 0) is 32.1 Å². The van der Waals surface area contributed by atoms with Gasteiger partial charge in [0.2, 0.25) is 0 Å². The number of aliphatic hydroxyl groups excluding tert-OH is 2. The molecule has 0 radical (unpaired) electrons. The van der Waals surface area contributed by atoms with Crippen molar-refractivity contribution in [3.8, 4) is 0 Å². The molecule has 3 unspecified atom stereocenters. The number of unbranched alkanes of at least 4 members (excludes halogenated alkanes) is 17. The topological polar surface area (TPSA) is 132 Å². The minimum Gasteiger partial charge on any atom is -0.457 e. The second kappa shape index (κ2) is 31.2. The first-order chi connectivity index (χ1) is 20.8. The summed E-state index contributed by atoms with van der Waals surface area (Å²) in [7, 11) is -4.50. The molecule has 0 aliphatic rings. The van der Waals surface area contributed by atoms with Gasteiger partial charge in [-0.25, -0.2) is 4.57 Å². The quantitative estimate of drug-likeness (QED) is 0.0282. The Kier molecular flexibility index (Phi) is 30.6. The molecule has 3 atom stereocenters. The maximum Gasteiger partial charge on any atom is 0.472 e. The number of allylic oxidation sites excluding steroid dienone is 2. The monoisotopic (exact) mass is 636 g/mol. The predicted octanol–water partition coefficient (Wildman–Crippen LogP) is 8.19. The predicted molar refractivity (Wildman–Crippen MR) is 173 cm³/mol. The van der Waals surface area contributed by atoms with E-state index in [1.165, 1.54) is 70.6 Å². The summed E-state index contributed by atoms with van der Waals surface area (Å²) in [6, 6.07) is 0. The Morgan fingerprint density at radius 1 is 0.698 bits per heavy atom. The molecule has 0 aromatic heterocycles. The van der Waals surface area contributed by atoms with E-state index < -0.39 is 39.2 Å². The SMILES string of the molecule is CCC/C=C\CCCCCCCC(=O)OC(COCCCCCCCCCCCCCC)COP(=O)(O)OCC(O)CO. The van der Waals surface area contributed by atoms with Crippen molar-refractivity contribution in [3.63, 3.8) is 0 Å². The molecule has 0 aromatic rings. The van der Waals surface area contributed by atoms with Crippen LogP contribution in [0.2, 0.25) is 0 Å². The first-order valence-electron chi connectivity index (χ1n) is 17.2. The number of phosphoric ester groups is 1. The van der Waals surface area contributed by atoms with Crippen LogP contribution in [0.3, 0.4) is 0 Å². The molecule has 0 amide bonds. The van der Waals surface area contributed by atoms with Crippen molar-refractivity contribution in [1.29, 1.82) is 0 Å². The van der Waals surface area contributed by atoms with Gasteiger partial charge < -0.3 is 24.6 Å². The van der Waals surface area contributed by atoms with Crippen LogP contribution in [-0.4, -0.2) is 66.3 Å². The zero-order chi connectivity index (χ0) is 31.9. The van der Waals surface area contributed by atoms with E-state index in [2.05, 4.69) is 26.0 Å². The molecule has 0 aliphatic heterocycles. The second-order valence-corrected chi connectivity index (χ2v) is 13.0. The van der Waals surface area contributed by atoms with E-state index in [9.17, 15) is 19.4 Å². The van der Waals surface area contributed by atoms with Gasteiger partial charge in [0.1, 0.15) is 12.2 Å². The number of carbonyl (C=O) groups is 1. The normalized spacial score (nSPS) is 14.6. The van der Waals surface area contributed by atoms with Crippen LogP contribution in [-0.2, 0) is 27.9 Å². The molecule has 43 heavy (non-hydrogen) atoms. The summed E-state index contributed by atoms with van der Waals surface area (Å²) < 4.78 is 33.1. The molecular weight excluding hydrogens is 571 g/mol. The summed E-state index contributed by atoms with van der Waals surface area (Å²) in [5.74, 6) is -0.394. The van der Waals surface area contributed by atoms with Crippen LogP contribution in [0.25, 0.3) is 0 Å². The maximum atomic E-state index is 12.4. The Hall–Kier alpha value is -0.800. The van der Waals surface area contributed by atoms with Gasteiger partial charge in [-0.1, -0.05) is 122 Å². The number of phosphoric acid groups is 1. The largest absolute Gasteiger partial charge is 0.472 e. The lowest BCUT2D eigenvalue weighted by molar-refractivity contribution is -0.154. The summed E-state index contributed by atoms with van der Waals surface area (Å²) in [6.07, 6.45) is 26.0. The molecule has 0 saturated heterocycles. The zero-order valence-corrected chi connectivity index (χ0v) is 28.3. The third kappa shape index (κ3) is 31.0. The first-order valence-corrected chi connectivity index (χ1v) is 18.7. The van der Waals surface area contributed by atoms with Gasteiger partial charge in [-0.15, -0.1) is 0 Å². The molecule has 9 nitrogen and oxygen atoms in total. The van der Waals surface area contributed by atoms with Crippen LogP contribution >= 0.6 is 7.82 Å². The van der Waals surface area contributed by atoms with Crippen molar-refractivity contribution < 1.29 is 43.0 Å². The van der Waals surface area contributed by atoms with E-state index in [0.717, 1.165) is 57.8 Å². The number of aliphatic hydroxyl groups is 2. The average Bonchev–Trinajstić information content (AvgIpc) is 2.99. The lowest BCUT2D eigenvalue weighted by Crippen LogP contribution is -2.29. The molecule has 0 aliphatic carbocycles. The van der Waals surface area contributed by atoms with Gasteiger partial charge in [0, 0.05) is 13.0 Å². The van der Waals surface area contributed by atoms with E-state index in [1.807, 2.05) is 0 Å². The third-order valence-corrected chi connectivity index (χ3v) is 8.13. The smallest absolute Gasteiger partial charge is 0.457 e. The van der Waals surface area contributed by atoms with Crippen LogP contribution in [0.5, 0.6) is 0 Å². The second-order valence-electron chi connectivity index (χ2n) is 11.5. The average molecular weight is 637 g/mol. The fourth-order valence-electron chi connectivity index (χ4n) is 4.53. The van der Waals surface area contributed by atoms with Gasteiger partial charge in [0.25, 0.3) is 0 Å². The third-order valence-electron chi connectivity index (χ3n) is 7.18. The van der Waals surface area contributed by atoms with Crippen LogP contribution in [0.4, 0.5) is 0 Å². The number of carbonyl (C=O) groups excluding carboxylic acids is 1. The molecule has 10 heteroatoms. The van der Waals surface area contributed by atoms with Crippen molar-refractivity contribution in [1.82, 2.24) is 0 Å². The number of rotatable bonds is 33. The van der Waals surface area contributed by atoms with Gasteiger partial charge in [-0.2, -0.15) is 0 Å². The molecule has 0 saturated carbocycles. The molecule has 0 bridgehead atoms. The minimum absolute atomic E-state index is 0.0502. The van der Waals surface area contributed by atoms with Gasteiger partial charge in [0.15, 0.2) is 0 Å². The highest BCUT2D eigenvalue weighted by Crippen LogP contribution is 2.43. The fourth-order valence-corrected chi connectivity index (χ4v) is 5.32. The van der Waals surface area contributed by atoms with E-state index in [4.69, 9.17) is 23.6 Å².